The van der Waals surface area contributed by atoms with E-state index in [1.165, 1.54) is 0 Å². The zero-order valence-electron chi connectivity index (χ0n) is 15.9. The van der Waals surface area contributed by atoms with Gasteiger partial charge in [-0.3, -0.25) is 19.5 Å². The number of H-pyrrole nitrogens is 1. The molecule has 0 radical (unpaired) electrons. The number of benzene rings is 1. The molecule has 0 spiro atoms. The number of nitrogens with zero attached hydrogens (tertiary/aromatic N) is 3. The number of imidazole rings is 1. The molecule has 0 bridgehead atoms. The minimum atomic E-state index is -0.446. The fourth-order valence-electron chi connectivity index (χ4n) is 3.39. The van der Waals surface area contributed by atoms with Crippen LogP contribution in [0.15, 0.2) is 48.8 Å². The highest BCUT2D eigenvalue weighted by Crippen LogP contribution is 2.23. The molecule has 2 amide bonds. The molecule has 0 aliphatic carbocycles. The van der Waals surface area contributed by atoms with E-state index in [4.69, 9.17) is 10.7 Å². The first-order valence-electron chi connectivity index (χ1n) is 9.49. The number of rotatable bonds is 6. The molecule has 0 saturated heterocycles. The predicted molar refractivity (Wildman–Crippen MR) is 109 cm³/mol. The topological polar surface area (TPSA) is 117 Å². The molecule has 0 fully saturated rings. The van der Waals surface area contributed by atoms with Crippen molar-refractivity contribution >= 4 is 17.5 Å². The van der Waals surface area contributed by atoms with Gasteiger partial charge in [0.15, 0.2) is 0 Å². The van der Waals surface area contributed by atoms with Crippen LogP contribution >= 0.6 is 0 Å². The van der Waals surface area contributed by atoms with Crippen LogP contribution < -0.4 is 11.1 Å². The Bertz CT molecular complexity index is 1010. The van der Waals surface area contributed by atoms with Crippen molar-refractivity contribution in [1.82, 2.24) is 19.9 Å². The molecule has 3 aromatic rings. The highest BCUT2D eigenvalue weighted by Gasteiger charge is 2.21. The van der Waals surface area contributed by atoms with E-state index in [0.29, 0.717) is 24.2 Å². The highest BCUT2D eigenvalue weighted by atomic mass is 16.2. The quantitative estimate of drug-likeness (QED) is 0.595. The summed E-state index contributed by atoms with van der Waals surface area (Å²) in [5.74, 6) is 0.310. The Labute approximate surface area is 168 Å². The van der Waals surface area contributed by atoms with E-state index in [1.807, 2.05) is 18.2 Å². The van der Waals surface area contributed by atoms with Gasteiger partial charge in [0, 0.05) is 49.8 Å². The maximum Gasteiger partial charge on any atom is 0.248 e. The fraction of sp³-hybridized carbons (Fsp3) is 0.238. The Balaban J connectivity index is 1.35. The van der Waals surface area contributed by atoms with E-state index in [2.05, 4.69) is 20.2 Å². The van der Waals surface area contributed by atoms with Crippen LogP contribution in [0.2, 0.25) is 0 Å². The number of fused-ring (bicyclic) bond motifs is 1. The summed E-state index contributed by atoms with van der Waals surface area (Å²) in [5.41, 5.74) is 9.50. The Hall–Kier alpha value is -3.52. The van der Waals surface area contributed by atoms with Crippen molar-refractivity contribution in [3.05, 3.63) is 65.7 Å². The zero-order chi connectivity index (χ0) is 20.2. The predicted octanol–water partition coefficient (Wildman–Crippen LogP) is 1.96. The molecule has 29 heavy (non-hydrogen) atoms. The molecular formula is C21H22N6O2. The monoisotopic (exact) mass is 390 g/mol. The van der Waals surface area contributed by atoms with E-state index in [0.717, 1.165) is 42.3 Å². The Kier molecular flexibility index (Phi) is 5.35. The summed E-state index contributed by atoms with van der Waals surface area (Å²) in [7, 11) is 0. The van der Waals surface area contributed by atoms with Gasteiger partial charge < -0.3 is 16.0 Å². The van der Waals surface area contributed by atoms with Gasteiger partial charge >= 0.3 is 0 Å². The van der Waals surface area contributed by atoms with Gasteiger partial charge in [-0.2, -0.15) is 0 Å². The lowest BCUT2D eigenvalue weighted by molar-refractivity contribution is -0.116. The molecule has 1 aliphatic rings. The van der Waals surface area contributed by atoms with Gasteiger partial charge in [-0.1, -0.05) is 12.1 Å². The Morgan fingerprint density at radius 1 is 1.21 bits per heavy atom. The van der Waals surface area contributed by atoms with Crippen molar-refractivity contribution in [2.75, 3.05) is 18.4 Å². The molecule has 0 saturated carbocycles. The second kappa shape index (κ2) is 8.24. The third-order valence-corrected chi connectivity index (χ3v) is 4.95. The van der Waals surface area contributed by atoms with Gasteiger partial charge in [0.2, 0.25) is 11.8 Å². The van der Waals surface area contributed by atoms with E-state index in [1.54, 1.807) is 30.6 Å². The molecule has 3 heterocycles. The first kappa shape index (κ1) is 18.8. The van der Waals surface area contributed by atoms with Crippen LogP contribution in [0, 0.1) is 0 Å². The van der Waals surface area contributed by atoms with E-state index < -0.39 is 5.91 Å². The van der Waals surface area contributed by atoms with Crippen molar-refractivity contribution in [2.24, 2.45) is 5.73 Å². The number of aromatic nitrogens is 3. The number of anilines is 1. The number of carbonyl (C=O) groups excluding carboxylic acids is 2. The lowest BCUT2D eigenvalue weighted by Gasteiger charge is -2.25. The zero-order valence-corrected chi connectivity index (χ0v) is 15.9. The van der Waals surface area contributed by atoms with Crippen LogP contribution in [0.1, 0.15) is 28.2 Å². The van der Waals surface area contributed by atoms with Crippen LogP contribution in [-0.4, -0.2) is 44.8 Å². The summed E-state index contributed by atoms with van der Waals surface area (Å²) in [6, 6.07) is 10.7. The standard InChI is InChI=1S/C21H22N6O2/c22-20(29)14-3-5-15(6-4-14)21-25-17-7-10-27(13-18(17)26-21)11-8-19(28)24-16-2-1-9-23-12-16/h1-6,9,12H,7-8,10-11,13H2,(H2,22,29)(H,24,28)(H,25,26). The number of nitrogens with two attached hydrogens (primary N) is 1. The number of hydrogen-bond acceptors (Lipinski definition) is 5. The molecule has 1 aliphatic heterocycles. The van der Waals surface area contributed by atoms with Gasteiger partial charge in [-0.05, 0) is 24.3 Å². The highest BCUT2D eigenvalue weighted by molar-refractivity contribution is 5.93. The maximum atomic E-state index is 12.1. The summed E-state index contributed by atoms with van der Waals surface area (Å²) in [6.45, 7) is 2.26. The van der Waals surface area contributed by atoms with Crippen LogP contribution in [0.25, 0.3) is 11.4 Å². The first-order chi connectivity index (χ1) is 14.1. The van der Waals surface area contributed by atoms with E-state index >= 15 is 0 Å². The van der Waals surface area contributed by atoms with Crippen LogP contribution in [0.4, 0.5) is 5.69 Å². The number of primary amides is 1. The van der Waals surface area contributed by atoms with Crippen molar-refractivity contribution in [1.29, 1.82) is 0 Å². The first-order valence-corrected chi connectivity index (χ1v) is 9.49. The number of carbonyl (C=O) groups is 2. The lowest BCUT2D eigenvalue weighted by Crippen LogP contribution is -2.33. The normalized spacial score (nSPS) is 13.7. The molecule has 4 N–H and O–H groups in total. The van der Waals surface area contributed by atoms with Gasteiger partial charge in [0.05, 0.1) is 23.3 Å². The van der Waals surface area contributed by atoms with Crippen LogP contribution in [-0.2, 0) is 17.8 Å². The molecule has 4 rings (SSSR count). The molecule has 2 aromatic heterocycles. The molecular weight excluding hydrogens is 368 g/mol. The largest absolute Gasteiger partial charge is 0.366 e. The minimum Gasteiger partial charge on any atom is -0.366 e. The van der Waals surface area contributed by atoms with Crippen LogP contribution in [0.5, 0.6) is 0 Å². The van der Waals surface area contributed by atoms with Crippen LogP contribution in [0.3, 0.4) is 0 Å². The second-order valence-electron chi connectivity index (χ2n) is 7.02. The SMILES string of the molecule is NC(=O)c1ccc(-c2nc3c([nH]2)CN(CCC(=O)Nc2cccnc2)CC3)cc1. The fourth-order valence-corrected chi connectivity index (χ4v) is 3.39. The molecule has 1 aromatic carbocycles. The minimum absolute atomic E-state index is 0.0244. The van der Waals surface area contributed by atoms with Gasteiger partial charge in [-0.15, -0.1) is 0 Å². The van der Waals surface area contributed by atoms with E-state index in [-0.39, 0.29) is 5.91 Å². The number of aromatic amines is 1. The lowest BCUT2D eigenvalue weighted by atomic mass is 10.1. The molecule has 148 valence electrons. The Morgan fingerprint density at radius 3 is 2.76 bits per heavy atom. The molecule has 8 nitrogen and oxygen atoms in total. The third kappa shape index (κ3) is 4.49. The number of nitrogens with one attached hydrogen (secondary N) is 2. The average Bonchev–Trinajstić information content (AvgIpc) is 3.16. The van der Waals surface area contributed by atoms with E-state index in [9.17, 15) is 9.59 Å². The summed E-state index contributed by atoms with van der Waals surface area (Å²) in [5, 5.41) is 2.86. The molecule has 8 heteroatoms. The summed E-state index contributed by atoms with van der Waals surface area (Å²) in [6.07, 6.45) is 4.55. The molecule has 0 unspecified atom stereocenters. The van der Waals surface area contributed by atoms with Gasteiger partial charge in [0.1, 0.15) is 5.82 Å². The molecule has 0 atom stereocenters. The number of pyridine rings is 1. The number of amides is 2. The Morgan fingerprint density at radius 2 is 2.03 bits per heavy atom. The summed E-state index contributed by atoms with van der Waals surface area (Å²) >= 11 is 0. The summed E-state index contributed by atoms with van der Waals surface area (Å²) in [4.78, 5) is 37.7. The average molecular weight is 390 g/mol. The van der Waals surface area contributed by atoms with Crippen molar-refractivity contribution in [3.8, 4) is 11.4 Å². The van der Waals surface area contributed by atoms with Crippen molar-refractivity contribution in [2.45, 2.75) is 19.4 Å². The van der Waals surface area contributed by atoms with Crippen molar-refractivity contribution < 1.29 is 9.59 Å². The van der Waals surface area contributed by atoms with Gasteiger partial charge in [0.25, 0.3) is 0 Å². The maximum absolute atomic E-state index is 12.1. The van der Waals surface area contributed by atoms with Gasteiger partial charge in [-0.25, -0.2) is 4.98 Å². The number of hydrogen-bond donors (Lipinski definition) is 3. The summed E-state index contributed by atoms with van der Waals surface area (Å²) < 4.78 is 0. The smallest absolute Gasteiger partial charge is 0.248 e. The second-order valence-corrected chi connectivity index (χ2v) is 7.02. The third-order valence-electron chi connectivity index (χ3n) is 4.95. The van der Waals surface area contributed by atoms with Crippen molar-refractivity contribution in [3.63, 3.8) is 0 Å².